The van der Waals surface area contributed by atoms with E-state index in [9.17, 15) is 10.1 Å². The van der Waals surface area contributed by atoms with Crippen molar-refractivity contribution < 1.29 is 23.9 Å². The number of benzene rings is 4. The molecule has 0 heterocycles. The zero-order chi connectivity index (χ0) is 25.8. The number of alkyl carbamates (subject to hydrolysis) is 1. The lowest BCUT2D eigenvalue weighted by Gasteiger charge is -2.36. The zero-order valence-electron chi connectivity index (χ0n) is 19.2. The summed E-state index contributed by atoms with van der Waals surface area (Å²) in [5.41, 5.74) is 3.05. The Kier molecular flexibility index (Phi) is 9.56. The normalized spacial score (nSPS) is 10.5. The van der Waals surface area contributed by atoms with Gasteiger partial charge in [-0.2, -0.15) is 5.26 Å². The Bertz CT molecular complexity index is 1270. The van der Waals surface area contributed by atoms with E-state index in [1.807, 2.05) is 103 Å². The summed E-state index contributed by atoms with van der Waals surface area (Å²) in [4.78, 5) is 27.4. The van der Waals surface area contributed by atoms with Crippen LogP contribution in [0.2, 0.25) is 0 Å². The minimum atomic E-state index is -3.13. The van der Waals surface area contributed by atoms with E-state index in [1.165, 1.54) is 0 Å². The summed E-state index contributed by atoms with van der Waals surface area (Å²) in [5.74, 6) is 0. The highest BCUT2D eigenvalue weighted by atomic mass is 31.1. The standard InChI is InChI=1S/C28H22N2O2.H3O3P/c29-20-22-16-18-26(19-17-22)28(24-12-6-2-7-13-24,25-14-8-3-9-15-25)30-27(31)32-21-23-10-4-1-5-11-23;1-4(2)3/h1-19H,21H2,(H,30,31);4H,(H2,1,2,3). The first-order valence-corrected chi connectivity index (χ1v) is 12.3. The lowest BCUT2D eigenvalue weighted by molar-refractivity contribution is 0.132. The zero-order valence-corrected chi connectivity index (χ0v) is 20.2. The number of carbonyl (C=O) groups excluding carboxylic acids is 1. The van der Waals surface area contributed by atoms with Gasteiger partial charge in [0.15, 0.2) is 0 Å². The minimum Gasteiger partial charge on any atom is -0.445 e. The third kappa shape index (κ3) is 6.91. The number of rotatable bonds is 6. The molecule has 0 spiro atoms. The van der Waals surface area contributed by atoms with Gasteiger partial charge in [0, 0.05) is 0 Å². The van der Waals surface area contributed by atoms with Crippen LogP contribution < -0.4 is 5.32 Å². The quantitative estimate of drug-likeness (QED) is 0.249. The summed E-state index contributed by atoms with van der Waals surface area (Å²) in [7, 11) is -3.13. The van der Waals surface area contributed by atoms with E-state index >= 15 is 0 Å². The van der Waals surface area contributed by atoms with E-state index in [4.69, 9.17) is 19.1 Å². The molecule has 4 aromatic carbocycles. The molecule has 4 rings (SSSR count). The Morgan fingerprint density at radius 2 is 1.19 bits per heavy atom. The van der Waals surface area contributed by atoms with Crippen LogP contribution >= 0.6 is 8.25 Å². The number of amides is 1. The lowest BCUT2D eigenvalue weighted by atomic mass is 9.77. The fourth-order valence-electron chi connectivity index (χ4n) is 3.80. The van der Waals surface area contributed by atoms with Crippen LogP contribution in [0.1, 0.15) is 27.8 Å². The molecule has 8 heteroatoms. The molecule has 0 aliphatic rings. The SMILES string of the molecule is N#Cc1ccc(C(NC(=O)OCc2ccccc2)(c2ccccc2)c2ccccc2)cc1.O=[PH](O)O. The fourth-order valence-corrected chi connectivity index (χ4v) is 3.80. The summed E-state index contributed by atoms with van der Waals surface area (Å²) in [5, 5.41) is 12.4. The van der Waals surface area contributed by atoms with E-state index < -0.39 is 19.9 Å². The monoisotopic (exact) mass is 500 g/mol. The highest BCUT2D eigenvalue weighted by molar-refractivity contribution is 7.30. The molecule has 0 fully saturated rings. The van der Waals surface area contributed by atoms with E-state index in [1.54, 1.807) is 12.1 Å². The van der Waals surface area contributed by atoms with E-state index in [-0.39, 0.29) is 6.61 Å². The predicted molar refractivity (Wildman–Crippen MR) is 137 cm³/mol. The average Bonchev–Trinajstić information content (AvgIpc) is 2.92. The average molecular weight is 500 g/mol. The Morgan fingerprint density at radius 3 is 1.64 bits per heavy atom. The van der Waals surface area contributed by atoms with Crippen molar-refractivity contribution in [1.29, 1.82) is 5.26 Å². The molecule has 0 bridgehead atoms. The van der Waals surface area contributed by atoms with Crippen molar-refractivity contribution in [2.45, 2.75) is 12.1 Å². The van der Waals surface area contributed by atoms with Crippen LogP contribution in [-0.4, -0.2) is 15.9 Å². The van der Waals surface area contributed by atoms with Crippen molar-refractivity contribution in [2.24, 2.45) is 0 Å². The number of nitrogens with zero attached hydrogens (tertiary/aromatic N) is 1. The van der Waals surface area contributed by atoms with Crippen LogP contribution in [-0.2, 0) is 21.4 Å². The van der Waals surface area contributed by atoms with Crippen LogP contribution in [0.25, 0.3) is 0 Å². The van der Waals surface area contributed by atoms with Gasteiger partial charge in [-0.3, -0.25) is 4.57 Å². The molecule has 0 aromatic heterocycles. The fraction of sp³-hybridized carbons (Fsp3) is 0.0714. The molecule has 0 aliphatic carbocycles. The van der Waals surface area contributed by atoms with Crippen molar-refractivity contribution in [3.05, 3.63) is 143 Å². The second-order valence-electron chi connectivity index (χ2n) is 7.64. The number of carbonyl (C=O) groups is 1. The van der Waals surface area contributed by atoms with Gasteiger partial charge < -0.3 is 19.8 Å². The summed E-state index contributed by atoms with van der Waals surface area (Å²) >= 11 is 0. The van der Waals surface area contributed by atoms with Gasteiger partial charge in [0.2, 0.25) is 0 Å². The Morgan fingerprint density at radius 1 is 0.778 bits per heavy atom. The first-order chi connectivity index (χ1) is 17.5. The van der Waals surface area contributed by atoms with Crippen LogP contribution in [0, 0.1) is 11.3 Å². The third-order valence-electron chi connectivity index (χ3n) is 5.36. The summed E-state index contributed by atoms with van der Waals surface area (Å²) < 4.78 is 14.3. The topological polar surface area (TPSA) is 120 Å². The van der Waals surface area contributed by atoms with Gasteiger partial charge in [-0.05, 0) is 34.4 Å². The molecule has 0 atom stereocenters. The molecule has 0 saturated carbocycles. The maximum atomic E-state index is 13.1. The van der Waals surface area contributed by atoms with Gasteiger partial charge >= 0.3 is 14.3 Å². The maximum Gasteiger partial charge on any atom is 0.408 e. The van der Waals surface area contributed by atoms with E-state index in [0.29, 0.717) is 5.56 Å². The molecule has 3 N–H and O–H groups in total. The van der Waals surface area contributed by atoms with Gasteiger partial charge in [0.05, 0.1) is 11.6 Å². The van der Waals surface area contributed by atoms with Gasteiger partial charge in [0.1, 0.15) is 12.1 Å². The van der Waals surface area contributed by atoms with Crippen LogP contribution in [0.5, 0.6) is 0 Å². The molecule has 0 aliphatic heterocycles. The maximum absolute atomic E-state index is 13.1. The Balaban J connectivity index is 0.000000840. The molecule has 182 valence electrons. The number of ether oxygens (including phenoxy) is 1. The van der Waals surface area contributed by atoms with Crippen molar-refractivity contribution in [1.82, 2.24) is 5.32 Å². The number of hydrogen-bond acceptors (Lipinski definition) is 4. The second kappa shape index (κ2) is 13.0. The van der Waals surface area contributed by atoms with Gasteiger partial charge in [-0.25, -0.2) is 4.79 Å². The molecular weight excluding hydrogens is 475 g/mol. The molecular formula is C28H25N2O5P. The van der Waals surface area contributed by atoms with Crippen molar-refractivity contribution in [2.75, 3.05) is 0 Å². The van der Waals surface area contributed by atoms with Gasteiger partial charge in [0.25, 0.3) is 0 Å². The largest absolute Gasteiger partial charge is 0.445 e. The van der Waals surface area contributed by atoms with Gasteiger partial charge in [-0.1, -0.05) is 103 Å². The lowest BCUT2D eigenvalue weighted by Crippen LogP contribution is -2.48. The predicted octanol–water partition coefficient (Wildman–Crippen LogP) is 5.14. The number of nitriles is 1. The molecule has 7 nitrogen and oxygen atoms in total. The van der Waals surface area contributed by atoms with Crippen molar-refractivity contribution >= 4 is 14.3 Å². The highest BCUT2D eigenvalue weighted by Crippen LogP contribution is 2.37. The second-order valence-corrected chi connectivity index (χ2v) is 8.21. The van der Waals surface area contributed by atoms with Crippen LogP contribution in [0.4, 0.5) is 4.79 Å². The van der Waals surface area contributed by atoms with E-state index in [2.05, 4.69) is 11.4 Å². The first-order valence-electron chi connectivity index (χ1n) is 11.0. The molecule has 0 saturated heterocycles. The molecule has 0 radical (unpaired) electrons. The summed E-state index contributed by atoms with van der Waals surface area (Å²) in [6.45, 7) is 0.166. The molecule has 1 amide bonds. The number of hydrogen-bond donors (Lipinski definition) is 3. The number of nitrogens with one attached hydrogen (secondary N) is 1. The van der Waals surface area contributed by atoms with E-state index in [0.717, 1.165) is 22.3 Å². The van der Waals surface area contributed by atoms with Crippen LogP contribution in [0.3, 0.4) is 0 Å². The van der Waals surface area contributed by atoms with Gasteiger partial charge in [-0.15, -0.1) is 0 Å². The smallest absolute Gasteiger partial charge is 0.408 e. The molecule has 0 unspecified atom stereocenters. The molecule has 4 aromatic rings. The Labute approximate surface area is 210 Å². The Hall–Kier alpha value is -4.21. The third-order valence-corrected chi connectivity index (χ3v) is 5.36. The van der Waals surface area contributed by atoms with Crippen molar-refractivity contribution in [3.63, 3.8) is 0 Å². The summed E-state index contributed by atoms with van der Waals surface area (Å²) in [6, 6.07) is 38.5. The minimum absolute atomic E-state index is 0.166. The highest BCUT2D eigenvalue weighted by Gasteiger charge is 2.38. The summed E-state index contributed by atoms with van der Waals surface area (Å²) in [6.07, 6.45) is -0.536. The first kappa shape index (κ1) is 26.4. The van der Waals surface area contributed by atoms with Crippen molar-refractivity contribution in [3.8, 4) is 6.07 Å². The van der Waals surface area contributed by atoms with Crippen LogP contribution in [0.15, 0.2) is 115 Å². The molecule has 36 heavy (non-hydrogen) atoms.